The van der Waals surface area contributed by atoms with Crippen molar-refractivity contribution in [2.75, 3.05) is 6.54 Å². The van der Waals surface area contributed by atoms with Crippen LogP contribution < -0.4 is 11.1 Å². The first kappa shape index (κ1) is 21.2. The molecule has 1 amide bonds. The number of benzene rings is 2. The van der Waals surface area contributed by atoms with Gasteiger partial charge < -0.3 is 11.1 Å². The fourth-order valence-corrected chi connectivity index (χ4v) is 2.78. The molecule has 0 saturated carbocycles. The van der Waals surface area contributed by atoms with Crippen molar-refractivity contribution in [2.45, 2.75) is 45.1 Å². The van der Waals surface area contributed by atoms with Crippen molar-refractivity contribution in [3.05, 3.63) is 60.2 Å². The summed E-state index contributed by atoms with van der Waals surface area (Å²) in [5.41, 5.74) is 9.00. The molecule has 2 aromatic carbocycles. The van der Waals surface area contributed by atoms with Crippen LogP contribution in [0.4, 0.5) is 0 Å². The van der Waals surface area contributed by atoms with Crippen molar-refractivity contribution in [3.63, 3.8) is 0 Å². The van der Waals surface area contributed by atoms with Crippen LogP contribution >= 0.6 is 12.4 Å². The van der Waals surface area contributed by atoms with Crippen molar-refractivity contribution >= 4 is 18.3 Å². The SMILES string of the molecule is CC(NC(=O)CCCCCCN)c1ccc(-c2ccccc2)cc1.Cl. The second kappa shape index (κ2) is 11.7. The number of hydrogen-bond acceptors (Lipinski definition) is 2. The number of nitrogens with two attached hydrogens (primary N) is 1. The maximum absolute atomic E-state index is 12.0. The topological polar surface area (TPSA) is 55.1 Å². The van der Waals surface area contributed by atoms with Gasteiger partial charge in [0.2, 0.25) is 5.91 Å². The second-order valence-electron chi connectivity index (χ2n) is 6.23. The lowest BCUT2D eigenvalue weighted by Gasteiger charge is -2.15. The number of unbranched alkanes of at least 4 members (excludes halogenated alkanes) is 3. The molecule has 3 nitrogen and oxygen atoms in total. The van der Waals surface area contributed by atoms with E-state index in [1.165, 1.54) is 11.1 Å². The molecule has 4 heteroatoms. The van der Waals surface area contributed by atoms with Crippen LogP contribution in [0.5, 0.6) is 0 Å². The van der Waals surface area contributed by atoms with E-state index in [9.17, 15) is 4.79 Å². The van der Waals surface area contributed by atoms with Gasteiger partial charge in [-0.2, -0.15) is 0 Å². The first-order valence-corrected chi connectivity index (χ1v) is 8.85. The number of hydrogen-bond donors (Lipinski definition) is 2. The van der Waals surface area contributed by atoms with Crippen LogP contribution in [0.1, 0.15) is 50.6 Å². The Bertz CT molecular complexity index is 614. The third-order valence-corrected chi connectivity index (χ3v) is 4.25. The molecule has 2 rings (SSSR count). The Morgan fingerprint density at radius 3 is 2.16 bits per heavy atom. The van der Waals surface area contributed by atoms with Crippen molar-refractivity contribution in [2.24, 2.45) is 5.73 Å². The summed E-state index contributed by atoms with van der Waals surface area (Å²) in [6.07, 6.45) is 4.76. The number of rotatable bonds is 9. The first-order chi connectivity index (χ1) is 11.7. The summed E-state index contributed by atoms with van der Waals surface area (Å²) >= 11 is 0. The summed E-state index contributed by atoms with van der Waals surface area (Å²) in [6.45, 7) is 2.77. The van der Waals surface area contributed by atoms with Gasteiger partial charge in [0.15, 0.2) is 0 Å². The molecule has 25 heavy (non-hydrogen) atoms. The van der Waals surface area contributed by atoms with Crippen LogP contribution in [0, 0.1) is 0 Å². The highest BCUT2D eigenvalue weighted by Crippen LogP contribution is 2.21. The van der Waals surface area contributed by atoms with Crippen molar-refractivity contribution in [3.8, 4) is 11.1 Å². The lowest BCUT2D eigenvalue weighted by molar-refractivity contribution is -0.121. The average Bonchev–Trinajstić information content (AvgIpc) is 2.62. The number of carbonyl (C=O) groups is 1. The van der Waals surface area contributed by atoms with Crippen LogP contribution in [-0.4, -0.2) is 12.5 Å². The van der Waals surface area contributed by atoms with Crippen molar-refractivity contribution in [1.82, 2.24) is 5.32 Å². The molecule has 2 aromatic rings. The van der Waals surface area contributed by atoms with Crippen LogP contribution in [-0.2, 0) is 4.79 Å². The highest BCUT2D eigenvalue weighted by Gasteiger charge is 2.09. The normalized spacial score (nSPS) is 11.4. The Balaban J connectivity index is 0.00000312. The summed E-state index contributed by atoms with van der Waals surface area (Å²) in [4.78, 5) is 12.0. The molecule has 0 saturated heterocycles. The summed E-state index contributed by atoms with van der Waals surface area (Å²) < 4.78 is 0. The number of amides is 1. The number of carbonyl (C=O) groups excluding carboxylic acids is 1. The largest absolute Gasteiger partial charge is 0.350 e. The maximum Gasteiger partial charge on any atom is 0.220 e. The molecule has 3 N–H and O–H groups in total. The molecule has 136 valence electrons. The van der Waals surface area contributed by atoms with Gasteiger partial charge in [0.1, 0.15) is 0 Å². The highest BCUT2D eigenvalue weighted by molar-refractivity contribution is 5.85. The summed E-state index contributed by atoms with van der Waals surface area (Å²) in [7, 11) is 0. The molecule has 0 radical (unpaired) electrons. The van der Waals surface area contributed by atoms with Gasteiger partial charge in [-0.3, -0.25) is 4.79 Å². The minimum atomic E-state index is 0. The van der Waals surface area contributed by atoms with Crippen LogP contribution in [0.15, 0.2) is 54.6 Å². The highest BCUT2D eigenvalue weighted by atomic mass is 35.5. The fraction of sp³-hybridized carbons (Fsp3) is 0.381. The van der Waals surface area contributed by atoms with E-state index in [-0.39, 0.29) is 24.4 Å². The van der Waals surface area contributed by atoms with Crippen LogP contribution in [0.3, 0.4) is 0 Å². The van der Waals surface area contributed by atoms with E-state index < -0.39 is 0 Å². The third kappa shape index (κ3) is 7.29. The Morgan fingerprint density at radius 1 is 0.920 bits per heavy atom. The third-order valence-electron chi connectivity index (χ3n) is 4.25. The lowest BCUT2D eigenvalue weighted by Crippen LogP contribution is -2.26. The Labute approximate surface area is 157 Å². The maximum atomic E-state index is 12.0. The zero-order chi connectivity index (χ0) is 17.2. The minimum Gasteiger partial charge on any atom is -0.350 e. The molecule has 0 bridgehead atoms. The van der Waals surface area contributed by atoms with Gasteiger partial charge in [-0.15, -0.1) is 12.4 Å². The van der Waals surface area contributed by atoms with Crippen molar-refractivity contribution < 1.29 is 4.79 Å². The Kier molecular flexibility index (Phi) is 9.90. The molecule has 0 aliphatic carbocycles. The van der Waals surface area contributed by atoms with Gasteiger partial charge >= 0.3 is 0 Å². The quantitative estimate of drug-likeness (QED) is 0.627. The van der Waals surface area contributed by atoms with E-state index >= 15 is 0 Å². The van der Waals surface area contributed by atoms with Crippen LogP contribution in [0.25, 0.3) is 11.1 Å². The minimum absolute atomic E-state index is 0. The molecular weight excluding hydrogens is 332 g/mol. The number of halogens is 1. The summed E-state index contributed by atoms with van der Waals surface area (Å²) in [5, 5.41) is 3.08. The Morgan fingerprint density at radius 2 is 1.52 bits per heavy atom. The predicted molar refractivity (Wildman–Crippen MR) is 108 cm³/mol. The van der Waals surface area contributed by atoms with Crippen molar-refractivity contribution in [1.29, 1.82) is 0 Å². The zero-order valence-corrected chi connectivity index (χ0v) is 15.7. The fourth-order valence-electron chi connectivity index (χ4n) is 2.78. The van der Waals surface area contributed by atoms with Gasteiger partial charge in [0, 0.05) is 6.42 Å². The van der Waals surface area contributed by atoms with Gasteiger partial charge in [-0.1, -0.05) is 67.4 Å². The van der Waals surface area contributed by atoms with E-state index in [1.807, 2.05) is 25.1 Å². The van der Waals surface area contributed by atoms with Gasteiger partial charge in [0.25, 0.3) is 0 Å². The van der Waals surface area contributed by atoms with E-state index in [4.69, 9.17) is 5.73 Å². The van der Waals surface area contributed by atoms with Gasteiger partial charge in [0.05, 0.1) is 6.04 Å². The zero-order valence-electron chi connectivity index (χ0n) is 14.9. The van der Waals surface area contributed by atoms with Crippen LogP contribution in [0.2, 0.25) is 0 Å². The molecule has 0 aliphatic heterocycles. The van der Waals surface area contributed by atoms with E-state index in [2.05, 4.69) is 41.7 Å². The molecular formula is C21H29ClN2O. The standard InChI is InChI=1S/C21H28N2O.ClH/c1-17(23-21(24)11-7-2-3-8-16-22)18-12-14-20(15-13-18)19-9-5-4-6-10-19;/h4-6,9-10,12-15,17H,2-3,7-8,11,16,22H2,1H3,(H,23,24);1H. The average molecular weight is 361 g/mol. The van der Waals surface area contributed by atoms with Gasteiger partial charge in [-0.25, -0.2) is 0 Å². The Hall–Kier alpha value is -1.84. The molecule has 0 aliphatic rings. The van der Waals surface area contributed by atoms with E-state index in [0.29, 0.717) is 6.42 Å². The monoisotopic (exact) mass is 360 g/mol. The molecule has 0 spiro atoms. The summed E-state index contributed by atoms with van der Waals surface area (Å²) in [5.74, 6) is 0.127. The smallest absolute Gasteiger partial charge is 0.220 e. The molecule has 1 atom stereocenters. The molecule has 0 heterocycles. The molecule has 0 aromatic heterocycles. The lowest BCUT2D eigenvalue weighted by atomic mass is 10.0. The molecule has 0 fully saturated rings. The number of nitrogens with one attached hydrogen (secondary N) is 1. The predicted octanol–water partition coefficient (Wildman–Crippen LogP) is 4.86. The molecule has 1 unspecified atom stereocenters. The van der Waals surface area contributed by atoms with E-state index in [1.54, 1.807) is 0 Å². The first-order valence-electron chi connectivity index (χ1n) is 8.85. The van der Waals surface area contributed by atoms with E-state index in [0.717, 1.165) is 37.8 Å². The van der Waals surface area contributed by atoms with Gasteiger partial charge in [-0.05, 0) is 43.0 Å². The second-order valence-corrected chi connectivity index (χ2v) is 6.23. The summed E-state index contributed by atoms with van der Waals surface area (Å²) in [6, 6.07) is 18.7.